The Labute approximate surface area is 172 Å². The largest absolute Gasteiger partial charge is 0.484 e. The minimum absolute atomic E-state index is 0.00841. The molecule has 1 heterocycles. The van der Waals surface area contributed by atoms with Crippen LogP contribution in [0.25, 0.3) is 0 Å². The van der Waals surface area contributed by atoms with Gasteiger partial charge < -0.3 is 20.7 Å². The molecule has 3 unspecified atom stereocenters. The van der Waals surface area contributed by atoms with Gasteiger partial charge in [-0.2, -0.15) is 0 Å². The molecule has 1 aromatic carbocycles. The number of carbonyl (C=O) groups is 2. The number of amides is 2. The maximum Gasteiger partial charge on any atom is 0.258 e. The number of alkyl halides is 1. The zero-order chi connectivity index (χ0) is 20.6. The fourth-order valence-electron chi connectivity index (χ4n) is 4.72. The molecule has 6 nitrogen and oxygen atoms in total. The highest BCUT2D eigenvalue weighted by Gasteiger charge is 2.57. The fourth-order valence-corrected chi connectivity index (χ4v) is 4.84. The smallest absolute Gasteiger partial charge is 0.258 e. The zero-order valence-corrected chi connectivity index (χ0v) is 16.6. The van der Waals surface area contributed by atoms with Crippen LogP contribution in [-0.2, 0) is 9.59 Å². The highest BCUT2D eigenvalue weighted by Crippen LogP contribution is 2.52. The molecule has 9 heteroatoms. The molecule has 0 radical (unpaired) electrons. The van der Waals surface area contributed by atoms with Crippen LogP contribution in [0.1, 0.15) is 25.7 Å². The summed E-state index contributed by atoms with van der Waals surface area (Å²) in [4.78, 5) is 24.7. The van der Waals surface area contributed by atoms with Crippen LogP contribution in [-0.4, -0.2) is 49.3 Å². The molecule has 3 saturated carbocycles. The lowest BCUT2D eigenvalue weighted by Crippen LogP contribution is -2.55. The lowest BCUT2D eigenvalue weighted by atomic mass is 9.76. The van der Waals surface area contributed by atoms with Crippen molar-refractivity contribution in [1.82, 2.24) is 16.0 Å². The van der Waals surface area contributed by atoms with Gasteiger partial charge in [0.25, 0.3) is 5.91 Å². The van der Waals surface area contributed by atoms with E-state index in [1.807, 2.05) is 0 Å². The van der Waals surface area contributed by atoms with Crippen LogP contribution in [0.2, 0.25) is 5.02 Å². The Morgan fingerprint density at radius 3 is 2.79 bits per heavy atom. The first-order valence-corrected chi connectivity index (χ1v) is 10.3. The molecule has 0 aromatic heterocycles. The Bertz CT molecular complexity index is 803. The van der Waals surface area contributed by atoms with Crippen molar-refractivity contribution in [2.45, 2.75) is 43.4 Å². The van der Waals surface area contributed by atoms with Crippen molar-refractivity contribution in [1.29, 1.82) is 0 Å². The van der Waals surface area contributed by atoms with Gasteiger partial charge in [0.05, 0.1) is 10.9 Å². The third-order valence-corrected chi connectivity index (χ3v) is 6.46. The van der Waals surface area contributed by atoms with Crippen molar-refractivity contribution in [3.8, 4) is 5.75 Å². The van der Waals surface area contributed by atoms with Gasteiger partial charge in [-0.1, -0.05) is 11.6 Å². The molecule has 3 atom stereocenters. The average Bonchev–Trinajstić information content (AvgIpc) is 3.16. The minimum atomic E-state index is -0.990. The van der Waals surface area contributed by atoms with Gasteiger partial charge >= 0.3 is 0 Å². The Kier molecular flexibility index (Phi) is 5.66. The van der Waals surface area contributed by atoms with Gasteiger partial charge in [-0.15, -0.1) is 0 Å². The van der Waals surface area contributed by atoms with Crippen LogP contribution < -0.4 is 20.7 Å². The Hall–Kier alpha value is -1.93. The first-order valence-electron chi connectivity index (χ1n) is 9.88. The van der Waals surface area contributed by atoms with Crippen LogP contribution in [0.4, 0.5) is 8.78 Å². The normalized spacial score (nSPS) is 32.9. The Morgan fingerprint density at radius 1 is 1.28 bits per heavy atom. The van der Waals surface area contributed by atoms with E-state index in [-0.39, 0.29) is 53.1 Å². The highest BCUT2D eigenvalue weighted by atomic mass is 35.5. The molecular weight excluding hydrogens is 404 g/mol. The number of hydrogen-bond acceptors (Lipinski definition) is 4. The van der Waals surface area contributed by atoms with E-state index in [0.29, 0.717) is 25.4 Å². The lowest BCUT2D eigenvalue weighted by molar-refractivity contribution is -0.129. The van der Waals surface area contributed by atoms with Gasteiger partial charge in [-0.05, 0) is 43.7 Å². The van der Waals surface area contributed by atoms with Gasteiger partial charge in [0.2, 0.25) is 5.91 Å². The van der Waals surface area contributed by atoms with E-state index in [1.54, 1.807) is 0 Å². The number of rotatable bonds is 6. The molecular formula is C20H24ClF2N3O3. The molecule has 3 N–H and O–H groups in total. The van der Waals surface area contributed by atoms with E-state index in [0.717, 1.165) is 18.9 Å². The summed E-state index contributed by atoms with van der Waals surface area (Å²) in [6.07, 6.45) is 1.54. The third kappa shape index (κ3) is 4.48. The zero-order valence-electron chi connectivity index (χ0n) is 15.8. The average molecular weight is 428 g/mol. The monoisotopic (exact) mass is 427 g/mol. The molecule has 29 heavy (non-hydrogen) atoms. The summed E-state index contributed by atoms with van der Waals surface area (Å²) in [6.45, 7) is 0.569. The van der Waals surface area contributed by atoms with Crippen LogP contribution in [0.5, 0.6) is 5.75 Å². The second-order valence-electron chi connectivity index (χ2n) is 8.37. The molecule has 1 saturated heterocycles. The molecule has 5 rings (SSSR count). The van der Waals surface area contributed by atoms with Crippen molar-refractivity contribution in [3.05, 3.63) is 29.0 Å². The van der Waals surface area contributed by atoms with E-state index >= 15 is 0 Å². The van der Waals surface area contributed by atoms with Crippen LogP contribution >= 0.6 is 11.6 Å². The van der Waals surface area contributed by atoms with E-state index in [4.69, 9.17) is 16.3 Å². The van der Waals surface area contributed by atoms with E-state index < -0.39 is 12.0 Å². The second kappa shape index (κ2) is 8.07. The summed E-state index contributed by atoms with van der Waals surface area (Å²) in [6, 6.07) is 3.97. The second-order valence-corrected chi connectivity index (χ2v) is 8.78. The van der Waals surface area contributed by atoms with Crippen molar-refractivity contribution >= 4 is 23.4 Å². The molecule has 2 amide bonds. The van der Waals surface area contributed by atoms with Crippen molar-refractivity contribution in [3.63, 3.8) is 0 Å². The van der Waals surface area contributed by atoms with Crippen molar-refractivity contribution < 1.29 is 23.1 Å². The maximum atomic E-state index is 13.5. The Morgan fingerprint density at radius 2 is 2.07 bits per heavy atom. The molecule has 1 aromatic rings. The quantitative estimate of drug-likeness (QED) is 0.648. The number of fused-ring (bicyclic) bond motifs is 1. The molecule has 158 valence electrons. The van der Waals surface area contributed by atoms with Crippen molar-refractivity contribution in [2.75, 3.05) is 19.7 Å². The molecule has 3 aliphatic carbocycles. The summed E-state index contributed by atoms with van der Waals surface area (Å²) in [5.41, 5.74) is -0.302. The predicted octanol–water partition coefficient (Wildman–Crippen LogP) is 1.96. The summed E-state index contributed by atoms with van der Waals surface area (Å²) in [5.74, 6) is -0.825. The first kappa shape index (κ1) is 20.3. The molecule has 0 spiro atoms. The molecule has 2 bridgehead atoms. The van der Waals surface area contributed by atoms with Gasteiger partial charge in [0.15, 0.2) is 6.61 Å². The van der Waals surface area contributed by atoms with Crippen LogP contribution in [0.15, 0.2) is 18.2 Å². The number of hydrogen-bond donors (Lipinski definition) is 3. The lowest BCUT2D eigenvalue weighted by Gasteiger charge is -2.40. The number of benzene rings is 1. The first-order chi connectivity index (χ1) is 13.8. The summed E-state index contributed by atoms with van der Waals surface area (Å²) < 4.78 is 32.3. The number of nitrogens with one attached hydrogen (secondary N) is 3. The fraction of sp³-hybridized carbons (Fsp3) is 0.600. The minimum Gasteiger partial charge on any atom is -0.484 e. The number of carbonyl (C=O) groups excluding carboxylic acids is 2. The summed E-state index contributed by atoms with van der Waals surface area (Å²) >= 11 is 5.62. The van der Waals surface area contributed by atoms with Gasteiger partial charge in [-0.25, -0.2) is 8.78 Å². The maximum absolute atomic E-state index is 13.5. The number of ether oxygens (including phenoxy) is 1. The van der Waals surface area contributed by atoms with Crippen molar-refractivity contribution in [2.24, 2.45) is 11.8 Å². The standard InChI is InChI=1S/C20H24ClF2N3O3/c21-15-2-1-14(4-16(15)23)29-10-18(27)25-17-7-20(5-12(17)6-20)26-19(28)11-3-13(22)9-24-8-11/h1-2,4,11-13,17,24H,3,5-10H2,(H,25,27)(H,26,28). The molecule has 4 aliphatic rings. The number of piperidine rings is 1. The van der Waals surface area contributed by atoms with E-state index in [2.05, 4.69) is 16.0 Å². The topological polar surface area (TPSA) is 79.5 Å². The van der Waals surface area contributed by atoms with Gasteiger partial charge in [0, 0.05) is 30.7 Å². The third-order valence-electron chi connectivity index (χ3n) is 6.15. The molecule has 4 fully saturated rings. The SMILES string of the molecule is O=C(COc1ccc(Cl)c(F)c1)NC1CC2(NC(=O)C3CNCC(F)C3)CC1C2. The van der Waals surface area contributed by atoms with Crippen LogP contribution in [0.3, 0.4) is 0 Å². The van der Waals surface area contributed by atoms with Gasteiger partial charge in [0.1, 0.15) is 17.7 Å². The Balaban J connectivity index is 1.24. The predicted molar refractivity (Wildman–Crippen MR) is 103 cm³/mol. The summed E-state index contributed by atoms with van der Waals surface area (Å²) in [5, 5.41) is 8.98. The van der Waals surface area contributed by atoms with Crippen LogP contribution in [0, 0.1) is 17.7 Å². The summed E-state index contributed by atoms with van der Waals surface area (Å²) in [7, 11) is 0. The van der Waals surface area contributed by atoms with E-state index in [9.17, 15) is 18.4 Å². The highest BCUT2D eigenvalue weighted by molar-refractivity contribution is 6.30. The van der Waals surface area contributed by atoms with E-state index in [1.165, 1.54) is 12.1 Å². The molecule has 1 aliphatic heterocycles. The van der Waals surface area contributed by atoms with Gasteiger partial charge in [-0.3, -0.25) is 9.59 Å². The number of halogens is 3.